The smallest absolute Gasteiger partial charge is 0.122 e. The van der Waals surface area contributed by atoms with Crippen LogP contribution in [-0.2, 0) is 6.42 Å². The van der Waals surface area contributed by atoms with Gasteiger partial charge in [0.25, 0.3) is 0 Å². The Kier molecular flexibility index (Phi) is 10.8. The van der Waals surface area contributed by atoms with Crippen LogP contribution < -0.4 is 0 Å². The van der Waals surface area contributed by atoms with E-state index in [0.717, 1.165) is 42.4 Å². The molecule has 1 aromatic rings. The molecule has 0 aliphatic rings. The van der Waals surface area contributed by atoms with Crippen molar-refractivity contribution in [3.8, 4) is 11.5 Å². The van der Waals surface area contributed by atoms with E-state index in [9.17, 15) is 10.2 Å². The Morgan fingerprint density at radius 3 is 1.85 bits per heavy atom. The van der Waals surface area contributed by atoms with Crippen LogP contribution >= 0.6 is 0 Å². The summed E-state index contributed by atoms with van der Waals surface area (Å²) in [5, 5.41) is 21.6. The lowest BCUT2D eigenvalue weighted by Crippen LogP contribution is -2.04. The van der Waals surface area contributed by atoms with E-state index in [2.05, 4.69) is 34.6 Å². The van der Waals surface area contributed by atoms with Crippen molar-refractivity contribution in [2.45, 2.75) is 117 Å². The van der Waals surface area contributed by atoms with E-state index in [1.165, 1.54) is 44.9 Å². The molecule has 0 radical (unpaired) electrons. The van der Waals surface area contributed by atoms with Crippen molar-refractivity contribution in [1.82, 2.24) is 0 Å². The first kappa shape index (κ1) is 22.9. The van der Waals surface area contributed by atoms with Crippen LogP contribution in [0.15, 0.2) is 6.07 Å². The highest BCUT2D eigenvalue weighted by molar-refractivity contribution is 5.55. The average Bonchev–Trinajstić information content (AvgIpc) is 2.64. The summed E-state index contributed by atoms with van der Waals surface area (Å²) in [5.41, 5.74) is 2.88. The Hall–Kier alpha value is -1.18. The van der Waals surface area contributed by atoms with Gasteiger partial charge in [0.15, 0.2) is 0 Å². The zero-order valence-electron chi connectivity index (χ0n) is 17.9. The van der Waals surface area contributed by atoms with Crippen molar-refractivity contribution >= 4 is 0 Å². The fourth-order valence-corrected chi connectivity index (χ4v) is 3.79. The highest BCUT2D eigenvalue weighted by atomic mass is 16.3. The molecule has 1 aromatic carbocycles. The van der Waals surface area contributed by atoms with Crippen molar-refractivity contribution in [2.24, 2.45) is 0 Å². The molecule has 0 amide bonds. The van der Waals surface area contributed by atoms with Gasteiger partial charge in [-0.3, -0.25) is 0 Å². The van der Waals surface area contributed by atoms with Crippen LogP contribution in [0.25, 0.3) is 0 Å². The summed E-state index contributed by atoms with van der Waals surface area (Å²) in [6.45, 7) is 10.8. The van der Waals surface area contributed by atoms with Crippen LogP contribution in [0.3, 0.4) is 0 Å². The fourth-order valence-electron chi connectivity index (χ4n) is 3.79. The molecule has 0 spiro atoms. The molecular weight excluding hydrogens is 320 g/mol. The Morgan fingerprint density at radius 2 is 1.31 bits per heavy atom. The van der Waals surface area contributed by atoms with Crippen LogP contribution in [-0.4, -0.2) is 10.2 Å². The van der Waals surface area contributed by atoms with E-state index in [4.69, 9.17) is 0 Å². The number of phenolic OH excluding ortho intramolecular Hbond substituents is 2. The molecule has 0 saturated heterocycles. The minimum atomic E-state index is 0.268. The van der Waals surface area contributed by atoms with E-state index in [1.807, 2.05) is 6.07 Å². The first-order valence-electron chi connectivity index (χ1n) is 11.0. The summed E-state index contributed by atoms with van der Waals surface area (Å²) >= 11 is 0. The lowest BCUT2D eigenvalue weighted by atomic mass is 9.85. The molecule has 2 unspecified atom stereocenters. The van der Waals surface area contributed by atoms with Gasteiger partial charge in [-0.15, -0.1) is 0 Å². The molecule has 0 aliphatic heterocycles. The second-order valence-corrected chi connectivity index (χ2v) is 8.07. The molecule has 1 rings (SSSR count). The summed E-state index contributed by atoms with van der Waals surface area (Å²) in [6.07, 6.45) is 13.1. The lowest BCUT2D eigenvalue weighted by Gasteiger charge is -2.22. The topological polar surface area (TPSA) is 40.5 Å². The summed E-state index contributed by atoms with van der Waals surface area (Å²) in [4.78, 5) is 0. The van der Waals surface area contributed by atoms with Gasteiger partial charge in [-0.25, -0.2) is 0 Å². The number of hydrogen-bond acceptors (Lipinski definition) is 2. The number of unbranched alkanes of at least 4 members (excludes halogenated alkanes) is 7. The third-order valence-electron chi connectivity index (χ3n) is 5.98. The molecule has 2 heteroatoms. The number of hydrogen-bond donors (Lipinski definition) is 2. The van der Waals surface area contributed by atoms with Gasteiger partial charge in [0, 0.05) is 16.7 Å². The number of rotatable bonds is 13. The Morgan fingerprint density at radius 1 is 0.769 bits per heavy atom. The second kappa shape index (κ2) is 12.3. The van der Waals surface area contributed by atoms with Gasteiger partial charge >= 0.3 is 0 Å². The molecule has 150 valence electrons. The van der Waals surface area contributed by atoms with Crippen LogP contribution in [0.5, 0.6) is 11.5 Å². The largest absolute Gasteiger partial charge is 0.508 e. The third kappa shape index (κ3) is 6.52. The predicted octanol–water partition coefficient (Wildman–Crippen LogP) is 7.81. The first-order chi connectivity index (χ1) is 12.5. The maximum absolute atomic E-state index is 10.9. The highest BCUT2D eigenvalue weighted by Crippen LogP contribution is 2.42. The zero-order valence-corrected chi connectivity index (χ0v) is 17.9. The van der Waals surface area contributed by atoms with E-state index < -0.39 is 0 Å². The monoisotopic (exact) mass is 362 g/mol. The zero-order chi connectivity index (χ0) is 19.5. The van der Waals surface area contributed by atoms with Gasteiger partial charge in [0.05, 0.1) is 0 Å². The molecule has 0 aromatic heterocycles. The molecule has 0 aliphatic carbocycles. The molecule has 2 nitrogen and oxygen atoms in total. The van der Waals surface area contributed by atoms with Crippen molar-refractivity contribution in [2.75, 3.05) is 0 Å². The Balaban J connectivity index is 2.81. The minimum absolute atomic E-state index is 0.268. The third-order valence-corrected chi connectivity index (χ3v) is 5.98. The van der Waals surface area contributed by atoms with Crippen LogP contribution in [0.2, 0.25) is 0 Å². The van der Waals surface area contributed by atoms with Crippen LogP contribution in [0, 0.1) is 0 Å². The fraction of sp³-hybridized carbons (Fsp3) is 0.750. The normalized spacial score (nSPS) is 13.7. The lowest BCUT2D eigenvalue weighted by molar-refractivity contribution is 0.430. The summed E-state index contributed by atoms with van der Waals surface area (Å²) < 4.78 is 0. The molecule has 0 fully saturated rings. The second-order valence-electron chi connectivity index (χ2n) is 8.07. The van der Waals surface area contributed by atoms with Gasteiger partial charge in [0.1, 0.15) is 11.5 Å². The van der Waals surface area contributed by atoms with Gasteiger partial charge in [-0.05, 0) is 43.6 Å². The van der Waals surface area contributed by atoms with Crippen molar-refractivity contribution in [3.05, 3.63) is 22.8 Å². The highest BCUT2D eigenvalue weighted by Gasteiger charge is 2.22. The maximum Gasteiger partial charge on any atom is 0.122 e. The first-order valence-corrected chi connectivity index (χ1v) is 11.0. The van der Waals surface area contributed by atoms with Crippen molar-refractivity contribution < 1.29 is 10.2 Å². The van der Waals surface area contributed by atoms with E-state index in [-0.39, 0.29) is 11.8 Å². The van der Waals surface area contributed by atoms with Gasteiger partial charge in [-0.1, -0.05) is 79.6 Å². The summed E-state index contributed by atoms with van der Waals surface area (Å²) in [5.74, 6) is 1.36. The van der Waals surface area contributed by atoms with E-state index >= 15 is 0 Å². The average molecular weight is 363 g/mol. The Bertz CT molecular complexity index is 521. The maximum atomic E-state index is 10.9. The van der Waals surface area contributed by atoms with Gasteiger partial charge in [0.2, 0.25) is 0 Å². The van der Waals surface area contributed by atoms with Gasteiger partial charge < -0.3 is 10.2 Å². The predicted molar refractivity (Wildman–Crippen MR) is 113 cm³/mol. The number of benzene rings is 1. The molecule has 0 saturated carbocycles. The SMILES string of the molecule is CCCCCCCCCCc1c(O)c(C(C)CC)cc(O)c1C(C)CC. The Labute approximate surface area is 162 Å². The van der Waals surface area contributed by atoms with E-state index in [0.29, 0.717) is 11.5 Å². The van der Waals surface area contributed by atoms with Gasteiger partial charge in [-0.2, -0.15) is 0 Å². The van der Waals surface area contributed by atoms with E-state index in [1.54, 1.807) is 0 Å². The standard InChI is InChI=1S/C24H42O2/c1-6-9-10-11-12-13-14-15-16-20-23(19(5)8-3)22(25)17-21(24(20)26)18(4)7-2/h17-19,25-26H,6-16H2,1-5H3. The quantitative estimate of drug-likeness (QED) is 0.277. The van der Waals surface area contributed by atoms with Crippen LogP contribution in [0.4, 0.5) is 0 Å². The molecule has 26 heavy (non-hydrogen) atoms. The molecule has 0 heterocycles. The molecule has 2 atom stereocenters. The molecule has 2 N–H and O–H groups in total. The number of phenols is 2. The summed E-state index contributed by atoms with van der Waals surface area (Å²) in [7, 11) is 0. The summed E-state index contributed by atoms with van der Waals surface area (Å²) in [6, 6.07) is 1.81. The minimum Gasteiger partial charge on any atom is -0.508 e. The van der Waals surface area contributed by atoms with Crippen molar-refractivity contribution in [1.29, 1.82) is 0 Å². The molecule has 0 bridgehead atoms. The number of aromatic hydroxyl groups is 2. The van der Waals surface area contributed by atoms with Crippen LogP contribution in [0.1, 0.15) is 127 Å². The molecular formula is C24H42O2. The van der Waals surface area contributed by atoms with Crippen molar-refractivity contribution in [3.63, 3.8) is 0 Å².